The molecule has 6 N–H and O–H groups in total. The van der Waals surface area contributed by atoms with Crippen LogP contribution in [0.3, 0.4) is 0 Å². The summed E-state index contributed by atoms with van der Waals surface area (Å²) in [7, 11) is 0. The van der Waals surface area contributed by atoms with Crippen LogP contribution in [0, 0.1) is 0 Å². The van der Waals surface area contributed by atoms with E-state index in [9.17, 15) is 30.3 Å². The summed E-state index contributed by atoms with van der Waals surface area (Å²) in [5, 5.41) is 53.8. The summed E-state index contributed by atoms with van der Waals surface area (Å²) in [4.78, 5) is 12.8. The minimum Gasteiger partial charge on any atom is -0.394 e. The average molecular weight is 686 g/mol. The maximum absolute atomic E-state index is 12.8. The first kappa shape index (κ1) is 45.0. The SMILES string of the molecule is CCCCCCCCC/C=C/[C@@H](O)[C@H](CO[C@@H]1O[C@H](CO)[C@H](O)C(O)C1O)NC(=O)CCCCCCCCCCCCCCCCCC. The number of amides is 1. The maximum Gasteiger partial charge on any atom is 0.220 e. The number of aliphatic hydroxyl groups is 5. The highest BCUT2D eigenvalue weighted by molar-refractivity contribution is 5.76. The Morgan fingerprint density at radius 1 is 0.688 bits per heavy atom. The average Bonchev–Trinajstić information content (AvgIpc) is 3.08. The van der Waals surface area contributed by atoms with E-state index >= 15 is 0 Å². The van der Waals surface area contributed by atoms with Crippen molar-refractivity contribution >= 4 is 5.91 Å². The Labute approximate surface area is 293 Å². The summed E-state index contributed by atoms with van der Waals surface area (Å²) in [6.45, 7) is 3.73. The van der Waals surface area contributed by atoms with E-state index in [1.165, 1.54) is 116 Å². The summed E-state index contributed by atoms with van der Waals surface area (Å²) in [6.07, 6.45) is 25.4. The van der Waals surface area contributed by atoms with E-state index in [0.29, 0.717) is 6.42 Å². The molecule has 1 aliphatic heterocycles. The normalized spacial score (nSPS) is 22.7. The lowest BCUT2D eigenvalue weighted by molar-refractivity contribution is -0.302. The van der Waals surface area contributed by atoms with Gasteiger partial charge < -0.3 is 40.3 Å². The first-order chi connectivity index (χ1) is 23.3. The highest BCUT2D eigenvalue weighted by Crippen LogP contribution is 2.22. The van der Waals surface area contributed by atoms with Gasteiger partial charge >= 0.3 is 0 Å². The van der Waals surface area contributed by atoms with E-state index in [0.717, 1.165) is 38.5 Å². The van der Waals surface area contributed by atoms with Crippen molar-refractivity contribution in [3.8, 4) is 0 Å². The second-order valence-electron chi connectivity index (χ2n) is 14.1. The van der Waals surface area contributed by atoms with Gasteiger partial charge in [0.1, 0.15) is 24.4 Å². The topological polar surface area (TPSA) is 149 Å². The molecule has 1 amide bonds. The molecule has 1 rings (SSSR count). The molecule has 48 heavy (non-hydrogen) atoms. The molecule has 284 valence electrons. The minimum atomic E-state index is -1.56. The fourth-order valence-corrected chi connectivity index (χ4v) is 6.33. The van der Waals surface area contributed by atoms with Crippen molar-refractivity contribution in [2.24, 2.45) is 0 Å². The Balaban J connectivity index is 2.38. The third-order valence-corrected chi connectivity index (χ3v) is 9.61. The van der Waals surface area contributed by atoms with Crippen LogP contribution in [-0.4, -0.2) is 87.5 Å². The van der Waals surface area contributed by atoms with Crippen LogP contribution < -0.4 is 5.32 Å². The maximum atomic E-state index is 12.8. The van der Waals surface area contributed by atoms with Crippen LogP contribution in [0.1, 0.15) is 174 Å². The molecule has 1 saturated heterocycles. The zero-order valence-corrected chi connectivity index (χ0v) is 30.7. The lowest BCUT2D eigenvalue weighted by atomic mass is 9.99. The van der Waals surface area contributed by atoms with E-state index in [4.69, 9.17) is 9.47 Å². The predicted octanol–water partition coefficient (Wildman–Crippen LogP) is 7.00. The quantitative estimate of drug-likeness (QED) is 0.0328. The van der Waals surface area contributed by atoms with Crippen LogP contribution in [0.4, 0.5) is 0 Å². The first-order valence-corrected chi connectivity index (χ1v) is 19.9. The molecule has 0 saturated carbocycles. The van der Waals surface area contributed by atoms with Gasteiger partial charge in [-0.05, 0) is 19.3 Å². The fourth-order valence-electron chi connectivity index (χ4n) is 6.33. The Kier molecular flexibility index (Phi) is 28.8. The van der Waals surface area contributed by atoms with E-state index in [1.54, 1.807) is 6.08 Å². The van der Waals surface area contributed by atoms with Gasteiger partial charge in [0.15, 0.2) is 6.29 Å². The summed E-state index contributed by atoms with van der Waals surface area (Å²) >= 11 is 0. The highest BCUT2D eigenvalue weighted by Gasteiger charge is 2.44. The number of hydrogen-bond donors (Lipinski definition) is 6. The summed E-state index contributed by atoms with van der Waals surface area (Å²) in [5.74, 6) is -0.178. The molecular formula is C39H75NO8. The molecule has 0 aromatic heterocycles. The van der Waals surface area contributed by atoms with Crippen LogP contribution in [0.2, 0.25) is 0 Å². The van der Waals surface area contributed by atoms with Crippen molar-refractivity contribution in [3.63, 3.8) is 0 Å². The van der Waals surface area contributed by atoms with E-state index in [2.05, 4.69) is 19.2 Å². The summed E-state index contributed by atoms with van der Waals surface area (Å²) < 4.78 is 11.1. The number of rotatable bonds is 32. The molecule has 0 aromatic carbocycles. The largest absolute Gasteiger partial charge is 0.394 e. The zero-order valence-electron chi connectivity index (χ0n) is 30.7. The lowest BCUT2D eigenvalue weighted by Crippen LogP contribution is -2.60. The molecule has 1 fully saturated rings. The van der Waals surface area contributed by atoms with Gasteiger partial charge in [-0.15, -0.1) is 0 Å². The Morgan fingerprint density at radius 2 is 1.15 bits per heavy atom. The molecule has 0 bridgehead atoms. The Morgan fingerprint density at radius 3 is 1.62 bits per heavy atom. The van der Waals surface area contributed by atoms with Gasteiger partial charge in [-0.25, -0.2) is 0 Å². The van der Waals surface area contributed by atoms with Gasteiger partial charge in [0, 0.05) is 6.42 Å². The second kappa shape index (κ2) is 30.7. The Bertz CT molecular complexity index is 766. The van der Waals surface area contributed by atoms with Crippen LogP contribution in [0.25, 0.3) is 0 Å². The molecule has 0 aliphatic carbocycles. The van der Waals surface area contributed by atoms with Crippen LogP contribution in [-0.2, 0) is 14.3 Å². The van der Waals surface area contributed by atoms with Gasteiger partial charge in [0.2, 0.25) is 5.91 Å². The van der Waals surface area contributed by atoms with E-state index in [-0.39, 0.29) is 12.5 Å². The number of unbranched alkanes of at least 4 members (excludes halogenated alkanes) is 22. The highest BCUT2D eigenvalue weighted by atomic mass is 16.7. The zero-order chi connectivity index (χ0) is 35.2. The number of carbonyl (C=O) groups excluding carboxylic acids is 1. The van der Waals surface area contributed by atoms with Crippen molar-refractivity contribution in [2.45, 2.75) is 217 Å². The van der Waals surface area contributed by atoms with Gasteiger partial charge in [-0.3, -0.25) is 4.79 Å². The summed E-state index contributed by atoms with van der Waals surface area (Å²) in [6, 6.07) is -0.795. The molecule has 7 atom stereocenters. The molecule has 0 spiro atoms. The first-order valence-electron chi connectivity index (χ1n) is 19.9. The van der Waals surface area contributed by atoms with Crippen molar-refractivity contribution in [2.75, 3.05) is 13.2 Å². The Hall–Kier alpha value is -1.07. The smallest absolute Gasteiger partial charge is 0.220 e. The predicted molar refractivity (Wildman–Crippen MR) is 194 cm³/mol. The molecule has 1 aliphatic rings. The van der Waals surface area contributed by atoms with Gasteiger partial charge in [0.25, 0.3) is 0 Å². The molecule has 0 aromatic rings. The number of aliphatic hydroxyl groups excluding tert-OH is 5. The second-order valence-corrected chi connectivity index (χ2v) is 14.1. The number of hydrogen-bond acceptors (Lipinski definition) is 8. The molecule has 0 radical (unpaired) electrons. The van der Waals surface area contributed by atoms with Crippen LogP contribution >= 0.6 is 0 Å². The fraction of sp³-hybridized carbons (Fsp3) is 0.923. The van der Waals surface area contributed by atoms with Gasteiger partial charge in [-0.1, -0.05) is 161 Å². The molecule has 2 unspecified atom stereocenters. The lowest BCUT2D eigenvalue weighted by Gasteiger charge is -2.40. The van der Waals surface area contributed by atoms with Gasteiger partial charge in [0.05, 0.1) is 25.4 Å². The van der Waals surface area contributed by atoms with E-state index in [1.807, 2.05) is 6.08 Å². The molecule has 9 nitrogen and oxygen atoms in total. The van der Waals surface area contributed by atoms with Crippen molar-refractivity contribution < 1.29 is 39.8 Å². The molecular weight excluding hydrogens is 610 g/mol. The van der Waals surface area contributed by atoms with Crippen molar-refractivity contribution in [1.82, 2.24) is 5.32 Å². The monoisotopic (exact) mass is 686 g/mol. The van der Waals surface area contributed by atoms with E-state index < -0.39 is 49.5 Å². The third kappa shape index (κ3) is 21.9. The van der Waals surface area contributed by atoms with Crippen molar-refractivity contribution in [3.05, 3.63) is 12.2 Å². The number of ether oxygens (including phenoxy) is 2. The minimum absolute atomic E-state index is 0.178. The number of carbonyl (C=O) groups is 1. The third-order valence-electron chi connectivity index (χ3n) is 9.61. The van der Waals surface area contributed by atoms with Crippen molar-refractivity contribution in [1.29, 1.82) is 0 Å². The van der Waals surface area contributed by atoms with Crippen LogP contribution in [0.5, 0.6) is 0 Å². The van der Waals surface area contributed by atoms with Gasteiger partial charge in [-0.2, -0.15) is 0 Å². The number of nitrogens with one attached hydrogen (secondary N) is 1. The standard InChI is InChI=1S/C39H75NO8/c1-3-5-7-9-11-13-14-15-16-17-18-19-21-23-25-27-29-35(43)40-32(33(42)28-26-24-22-20-12-10-8-6-4-2)31-47-39-38(46)37(45)36(44)34(30-41)48-39/h26,28,32-34,36-39,41-42,44-46H,3-25,27,29-31H2,1-2H3,(H,40,43)/b28-26+/t32-,33+,34+,36-,37?,38?,39+/m0/s1. The van der Waals surface area contributed by atoms with Crippen LogP contribution in [0.15, 0.2) is 12.2 Å². The molecule has 1 heterocycles. The number of allylic oxidation sites excluding steroid dienone is 1. The summed E-state index contributed by atoms with van der Waals surface area (Å²) in [5.41, 5.74) is 0. The molecule has 9 heteroatoms.